The van der Waals surface area contributed by atoms with Crippen LogP contribution in [-0.2, 0) is 6.42 Å². The van der Waals surface area contributed by atoms with Crippen LogP contribution in [0.4, 0.5) is 0 Å². The first-order valence-corrected chi connectivity index (χ1v) is 8.35. The Labute approximate surface area is 130 Å². The molecule has 0 heterocycles. The van der Waals surface area contributed by atoms with E-state index in [2.05, 4.69) is 17.9 Å². The summed E-state index contributed by atoms with van der Waals surface area (Å²) in [5, 5.41) is 29.4. The van der Waals surface area contributed by atoms with Crippen molar-refractivity contribution in [1.82, 2.24) is 0 Å². The van der Waals surface area contributed by atoms with Gasteiger partial charge < -0.3 is 15.1 Å². The minimum absolute atomic E-state index is 0.133. The third-order valence-corrected chi connectivity index (χ3v) is 6.78. The highest BCUT2D eigenvalue weighted by Gasteiger charge is 2.57. The molecule has 1 aromatic rings. The summed E-state index contributed by atoms with van der Waals surface area (Å²) in [7, 11) is 0. The van der Waals surface area contributed by atoms with E-state index in [0.29, 0.717) is 23.5 Å². The molecule has 4 rings (SSSR count). The number of hydrogen-bond acceptors (Lipinski definition) is 4. The molecule has 0 spiro atoms. The summed E-state index contributed by atoms with van der Waals surface area (Å²) in [5.41, 5.74) is 2.51. The van der Waals surface area contributed by atoms with Gasteiger partial charge in [0.2, 0.25) is 0 Å². The van der Waals surface area contributed by atoms with Crippen molar-refractivity contribution in [2.24, 2.45) is 17.3 Å². The first-order valence-electron chi connectivity index (χ1n) is 8.35. The van der Waals surface area contributed by atoms with Crippen molar-refractivity contribution in [3.8, 4) is 5.75 Å². The second kappa shape index (κ2) is 4.95. The third kappa shape index (κ3) is 1.87. The topological polar surface area (TPSA) is 69.9 Å². The van der Waals surface area contributed by atoms with E-state index >= 15 is 0 Å². The van der Waals surface area contributed by atoms with E-state index in [4.69, 9.17) is 5.26 Å². The molecule has 0 bridgehead atoms. The quantitative estimate of drug-likeness (QED) is 0.551. The zero-order valence-corrected chi connectivity index (χ0v) is 12.9. The zero-order valence-electron chi connectivity index (χ0n) is 12.9. The fourth-order valence-electron chi connectivity index (χ4n) is 5.60. The highest BCUT2D eigenvalue weighted by atomic mass is 17.1. The lowest BCUT2D eigenvalue weighted by Crippen LogP contribution is -2.44. The summed E-state index contributed by atoms with van der Waals surface area (Å²) in [4.78, 5) is 4.36. The van der Waals surface area contributed by atoms with Gasteiger partial charge in [-0.3, -0.25) is 0 Å². The van der Waals surface area contributed by atoms with E-state index in [0.717, 1.165) is 32.1 Å². The van der Waals surface area contributed by atoms with Gasteiger partial charge >= 0.3 is 0 Å². The van der Waals surface area contributed by atoms with Crippen LogP contribution in [0.25, 0.3) is 0 Å². The van der Waals surface area contributed by atoms with Crippen molar-refractivity contribution in [3.63, 3.8) is 0 Å². The summed E-state index contributed by atoms with van der Waals surface area (Å²) in [5.74, 6) is 1.95. The highest BCUT2D eigenvalue weighted by molar-refractivity contribution is 5.40. The van der Waals surface area contributed by atoms with Crippen LogP contribution in [0.15, 0.2) is 18.2 Å². The summed E-state index contributed by atoms with van der Waals surface area (Å²) in [6.07, 6.45) is 3.68. The van der Waals surface area contributed by atoms with Gasteiger partial charge in [-0.05, 0) is 78.5 Å². The molecule has 0 saturated heterocycles. The van der Waals surface area contributed by atoms with Crippen molar-refractivity contribution >= 4 is 0 Å². The van der Waals surface area contributed by atoms with Gasteiger partial charge in [0, 0.05) is 0 Å². The molecule has 120 valence electrons. The fourth-order valence-corrected chi connectivity index (χ4v) is 5.60. The molecule has 0 radical (unpaired) electrons. The SMILES string of the molecule is C[C@]12CC[C@@H]3c4ccc(OO)cc4CC[C@H]3[C@@H]1C[C@@H](O)[C@@H]2O. The molecule has 22 heavy (non-hydrogen) atoms. The van der Waals surface area contributed by atoms with Crippen LogP contribution >= 0.6 is 0 Å². The number of rotatable bonds is 1. The Morgan fingerprint density at radius 2 is 2.05 bits per heavy atom. The minimum atomic E-state index is -0.579. The highest BCUT2D eigenvalue weighted by Crippen LogP contribution is 2.60. The van der Waals surface area contributed by atoms with Gasteiger partial charge in [0.05, 0.1) is 12.2 Å². The summed E-state index contributed by atoms with van der Waals surface area (Å²) < 4.78 is 0. The van der Waals surface area contributed by atoms with Gasteiger partial charge in [-0.25, -0.2) is 5.26 Å². The minimum Gasteiger partial charge on any atom is -0.390 e. The van der Waals surface area contributed by atoms with Gasteiger partial charge in [-0.2, -0.15) is 0 Å². The maximum atomic E-state index is 10.4. The standard InChI is InChI=1S/C18H24O4/c1-18-7-6-13-12-5-3-11(22-21)8-10(12)2-4-14(13)15(18)9-16(19)17(18)20/h3,5,8,13-17,19-21H,2,4,6-7,9H2,1H3/t13-,14-,15+,16-,17+,18+/m1/s1. The fraction of sp³-hybridized carbons (Fsp3) is 0.667. The molecule has 2 saturated carbocycles. The number of aliphatic hydroxyl groups is 2. The molecular formula is C18H24O4. The monoisotopic (exact) mass is 304 g/mol. The molecule has 4 nitrogen and oxygen atoms in total. The van der Waals surface area contributed by atoms with Crippen molar-refractivity contribution < 1.29 is 20.4 Å². The maximum absolute atomic E-state index is 10.4. The molecule has 4 heteroatoms. The smallest absolute Gasteiger partial charge is 0.165 e. The van der Waals surface area contributed by atoms with Crippen LogP contribution < -0.4 is 4.89 Å². The lowest BCUT2D eigenvalue weighted by Gasteiger charge is -2.49. The molecule has 0 aromatic heterocycles. The van der Waals surface area contributed by atoms with E-state index in [-0.39, 0.29) is 5.41 Å². The van der Waals surface area contributed by atoms with Crippen LogP contribution in [0.5, 0.6) is 5.75 Å². The molecule has 6 atom stereocenters. The zero-order chi connectivity index (χ0) is 15.5. The van der Waals surface area contributed by atoms with Crippen LogP contribution in [-0.4, -0.2) is 27.7 Å². The Morgan fingerprint density at radius 1 is 1.23 bits per heavy atom. The van der Waals surface area contributed by atoms with Crippen LogP contribution in [0.3, 0.4) is 0 Å². The molecule has 3 aliphatic rings. The maximum Gasteiger partial charge on any atom is 0.165 e. The largest absolute Gasteiger partial charge is 0.390 e. The predicted octanol–water partition coefficient (Wildman–Crippen LogP) is 2.73. The predicted molar refractivity (Wildman–Crippen MR) is 81.7 cm³/mol. The van der Waals surface area contributed by atoms with Gasteiger partial charge in [-0.15, -0.1) is 0 Å². The third-order valence-electron chi connectivity index (χ3n) is 6.78. The van der Waals surface area contributed by atoms with Crippen molar-refractivity contribution in [3.05, 3.63) is 29.3 Å². The van der Waals surface area contributed by atoms with E-state index in [1.54, 1.807) is 0 Å². The van der Waals surface area contributed by atoms with Crippen LogP contribution in [0.1, 0.15) is 49.7 Å². The number of aryl methyl sites for hydroxylation is 1. The van der Waals surface area contributed by atoms with Crippen molar-refractivity contribution in [2.75, 3.05) is 0 Å². The number of aliphatic hydroxyl groups excluding tert-OH is 2. The average Bonchev–Trinajstić information content (AvgIpc) is 2.77. The molecular weight excluding hydrogens is 280 g/mol. The van der Waals surface area contributed by atoms with Gasteiger partial charge in [0.15, 0.2) is 5.75 Å². The van der Waals surface area contributed by atoms with Gasteiger partial charge in [-0.1, -0.05) is 13.0 Å². The van der Waals surface area contributed by atoms with Gasteiger partial charge in [0.1, 0.15) is 0 Å². The van der Waals surface area contributed by atoms with Gasteiger partial charge in [0.25, 0.3) is 0 Å². The van der Waals surface area contributed by atoms with E-state index < -0.39 is 12.2 Å². The summed E-state index contributed by atoms with van der Waals surface area (Å²) >= 11 is 0. The van der Waals surface area contributed by atoms with E-state index in [1.165, 1.54) is 11.1 Å². The molecule has 0 aliphatic heterocycles. The summed E-state index contributed by atoms with van der Waals surface area (Å²) in [6.45, 7) is 2.16. The number of benzene rings is 1. The second-order valence-electron chi connectivity index (χ2n) is 7.66. The molecule has 0 unspecified atom stereocenters. The Kier molecular flexibility index (Phi) is 3.26. The first-order chi connectivity index (χ1) is 10.5. The van der Waals surface area contributed by atoms with E-state index in [9.17, 15) is 10.2 Å². The normalized spacial score (nSPS) is 43.2. The van der Waals surface area contributed by atoms with Crippen molar-refractivity contribution in [2.45, 2.75) is 57.2 Å². The number of fused-ring (bicyclic) bond motifs is 5. The van der Waals surface area contributed by atoms with Crippen molar-refractivity contribution in [1.29, 1.82) is 0 Å². The molecule has 3 aliphatic carbocycles. The molecule has 1 aromatic carbocycles. The Bertz CT molecular complexity index is 586. The molecule has 2 fully saturated rings. The van der Waals surface area contributed by atoms with Crippen LogP contribution in [0.2, 0.25) is 0 Å². The second-order valence-corrected chi connectivity index (χ2v) is 7.66. The molecule has 3 N–H and O–H groups in total. The lowest BCUT2D eigenvalue weighted by atomic mass is 9.55. The first kappa shape index (κ1) is 14.5. The molecule has 0 amide bonds. The Balaban J connectivity index is 1.69. The Morgan fingerprint density at radius 3 is 2.82 bits per heavy atom. The van der Waals surface area contributed by atoms with E-state index in [1.807, 2.05) is 12.1 Å². The lowest BCUT2D eigenvalue weighted by molar-refractivity contribution is -0.137. The Hall–Kier alpha value is -1.10. The van der Waals surface area contributed by atoms with Crippen LogP contribution in [0, 0.1) is 17.3 Å². The average molecular weight is 304 g/mol. The summed E-state index contributed by atoms with van der Waals surface area (Å²) in [6, 6.07) is 5.85. The number of hydrogen-bond donors (Lipinski definition) is 3.